The van der Waals surface area contributed by atoms with Crippen molar-refractivity contribution in [2.45, 2.75) is 12.5 Å². The molecule has 17 heavy (non-hydrogen) atoms. The smallest absolute Gasteiger partial charge is 0.0373 e. The summed E-state index contributed by atoms with van der Waals surface area (Å²) in [5.74, 6) is 0. The lowest BCUT2D eigenvalue weighted by atomic mass is 10.0. The van der Waals surface area contributed by atoms with Crippen LogP contribution in [0.2, 0.25) is 0 Å². The molecule has 1 atom stereocenters. The van der Waals surface area contributed by atoms with Gasteiger partial charge in [0.15, 0.2) is 0 Å². The molecule has 0 radical (unpaired) electrons. The van der Waals surface area contributed by atoms with Crippen LogP contribution in [0.1, 0.15) is 17.2 Å². The monoisotopic (exact) mass is 290 g/mol. The molecule has 0 fully saturated rings. The number of pyridine rings is 1. The van der Waals surface area contributed by atoms with Gasteiger partial charge in [-0.1, -0.05) is 34.1 Å². The number of hydrogen-bond donors (Lipinski definition) is 1. The first-order valence-electron chi connectivity index (χ1n) is 5.61. The molecule has 0 spiro atoms. The SMILES string of the molecule is CNC(Cc1cccc(Br)c1)c1cccnc1. The molecule has 2 nitrogen and oxygen atoms in total. The Balaban J connectivity index is 2.16. The molecule has 0 aliphatic heterocycles. The fourth-order valence-electron chi connectivity index (χ4n) is 1.87. The van der Waals surface area contributed by atoms with E-state index in [-0.39, 0.29) is 0 Å². The predicted molar refractivity (Wildman–Crippen MR) is 73.9 cm³/mol. The summed E-state index contributed by atoms with van der Waals surface area (Å²) in [5, 5.41) is 3.33. The molecule has 1 aromatic carbocycles. The quantitative estimate of drug-likeness (QED) is 0.934. The van der Waals surface area contributed by atoms with Crippen molar-refractivity contribution in [1.82, 2.24) is 10.3 Å². The molecule has 1 aromatic heterocycles. The van der Waals surface area contributed by atoms with Gasteiger partial charge in [-0.15, -0.1) is 0 Å². The van der Waals surface area contributed by atoms with Gasteiger partial charge < -0.3 is 5.32 Å². The summed E-state index contributed by atoms with van der Waals surface area (Å²) in [5.41, 5.74) is 2.53. The summed E-state index contributed by atoms with van der Waals surface area (Å²) in [7, 11) is 1.98. The van der Waals surface area contributed by atoms with Crippen molar-refractivity contribution in [1.29, 1.82) is 0 Å². The molecule has 1 heterocycles. The first-order chi connectivity index (χ1) is 8.29. The van der Waals surface area contributed by atoms with Crippen molar-refractivity contribution in [3.05, 3.63) is 64.4 Å². The minimum atomic E-state index is 0.304. The highest BCUT2D eigenvalue weighted by molar-refractivity contribution is 9.10. The van der Waals surface area contributed by atoms with Crippen LogP contribution in [0.4, 0.5) is 0 Å². The molecule has 88 valence electrons. The lowest BCUT2D eigenvalue weighted by Gasteiger charge is -2.16. The van der Waals surface area contributed by atoms with Gasteiger partial charge in [0.25, 0.3) is 0 Å². The zero-order chi connectivity index (χ0) is 12.1. The average Bonchev–Trinajstić information content (AvgIpc) is 2.37. The van der Waals surface area contributed by atoms with E-state index in [0.29, 0.717) is 6.04 Å². The molecule has 0 bridgehead atoms. The summed E-state index contributed by atoms with van der Waals surface area (Å²) in [4.78, 5) is 4.16. The van der Waals surface area contributed by atoms with Gasteiger partial charge in [0.05, 0.1) is 0 Å². The van der Waals surface area contributed by atoms with Gasteiger partial charge in [-0.05, 0) is 42.8 Å². The van der Waals surface area contributed by atoms with E-state index in [2.05, 4.69) is 50.5 Å². The minimum absolute atomic E-state index is 0.304. The largest absolute Gasteiger partial charge is 0.313 e. The Morgan fingerprint density at radius 3 is 2.82 bits per heavy atom. The first-order valence-corrected chi connectivity index (χ1v) is 6.40. The van der Waals surface area contributed by atoms with Crippen LogP contribution in [-0.4, -0.2) is 12.0 Å². The van der Waals surface area contributed by atoms with Crippen molar-refractivity contribution in [2.75, 3.05) is 7.05 Å². The molecule has 2 aromatic rings. The Hall–Kier alpha value is -1.19. The highest BCUT2D eigenvalue weighted by Crippen LogP contribution is 2.19. The van der Waals surface area contributed by atoms with Crippen LogP contribution in [0.3, 0.4) is 0 Å². The predicted octanol–water partition coefficient (Wildman–Crippen LogP) is 3.35. The Bertz CT molecular complexity index is 471. The van der Waals surface area contributed by atoms with E-state index in [4.69, 9.17) is 0 Å². The Morgan fingerprint density at radius 1 is 1.29 bits per heavy atom. The van der Waals surface area contributed by atoms with Gasteiger partial charge in [-0.25, -0.2) is 0 Å². The third-order valence-electron chi connectivity index (χ3n) is 2.76. The van der Waals surface area contributed by atoms with Gasteiger partial charge in [-0.3, -0.25) is 4.98 Å². The van der Waals surface area contributed by atoms with Gasteiger partial charge in [0.1, 0.15) is 0 Å². The number of nitrogens with zero attached hydrogens (tertiary/aromatic N) is 1. The van der Waals surface area contributed by atoms with E-state index in [0.717, 1.165) is 10.9 Å². The maximum Gasteiger partial charge on any atom is 0.0373 e. The molecule has 0 saturated heterocycles. The number of likely N-dealkylation sites (N-methyl/N-ethyl adjacent to an activating group) is 1. The normalized spacial score (nSPS) is 12.4. The van der Waals surface area contributed by atoms with Crippen LogP contribution in [-0.2, 0) is 6.42 Å². The summed E-state index contributed by atoms with van der Waals surface area (Å²) in [6.07, 6.45) is 4.68. The van der Waals surface area contributed by atoms with E-state index in [1.807, 2.05) is 25.4 Å². The number of halogens is 1. The fraction of sp³-hybridized carbons (Fsp3) is 0.214. The lowest BCUT2D eigenvalue weighted by Crippen LogP contribution is -2.18. The maximum atomic E-state index is 4.16. The van der Waals surface area contributed by atoms with Crippen molar-refractivity contribution in [3.63, 3.8) is 0 Å². The third kappa shape index (κ3) is 3.38. The number of aromatic nitrogens is 1. The number of benzene rings is 1. The van der Waals surface area contributed by atoms with Crippen molar-refractivity contribution < 1.29 is 0 Å². The van der Waals surface area contributed by atoms with Crippen LogP contribution < -0.4 is 5.32 Å². The van der Waals surface area contributed by atoms with E-state index in [9.17, 15) is 0 Å². The van der Waals surface area contributed by atoms with Crippen LogP contribution in [0.15, 0.2) is 53.3 Å². The van der Waals surface area contributed by atoms with Gasteiger partial charge >= 0.3 is 0 Å². The zero-order valence-electron chi connectivity index (χ0n) is 9.73. The number of hydrogen-bond acceptors (Lipinski definition) is 2. The van der Waals surface area contributed by atoms with Gasteiger partial charge in [-0.2, -0.15) is 0 Å². The average molecular weight is 291 g/mol. The molecule has 0 saturated carbocycles. The Kier molecular flexibility index (Phi) is 4.29. The molecular formula is C14H15BrN2. The highest BCUT2D eigenvalue weighted by Gasteiger charge is 2.09. The van der Waals surface area contributed by atoms with Crippen molar-refractivity contribution >= 4 is 15.9 Å². The summed E-state index contributed by atoms with van der Waals surface area (Å²) < 4.78 is 1.12. The van der Waals surface area contributed by atoms with Crippen molar-refractivity contribution in [2.24, 2.45) is 0 Å². The van der Waals surface area contributed by atoms with E-state index in [1.54, 1.807) is 6.20 Å². The second-order valence-electron chi connectivity index (χ2n) is 3.96. The second-order valence-corrected chi connectivity index (χ2v) is 4.88. The van der Waals surface area contributed by atoms with Crippen LogP contribution in [0.5, 0.6) is 0 Å². The van der Waals surface area contributed by atoms with Crippen LogP contribution >= 0.6 is 15.9 Å². The summed E-state index contributed by atoms with van der Waals surface area (Å²) in [6, 6.07) is 12.8. The molecule has 1 unspecified atom stereocenters. The lowest BCUT2D eigenvalue weighted by molar-refractivity contribution is 0.590. The van der Waals surface area contributed by atoms with Crippen LogP contribution in [0, 0.1) is 0 Å². The maximum absolute atomic E-state index is 4.16. The van der Waals surface area contributed by atoms with Crippen molar-refractivity contribution in [3.8, 4) is 0 Å². The van der Waals surface area contributed by atoms with Gasteiger partial charge in [0, 0.05) is 22.9 Å². The Labute approximate surface area is 110 Å². The third-order valence-corrected chi connectivity index (χ3v) is 3.26. The topological polar surface area (TPSA) is 24.9 Å². The number of nitrogens with one attached hydrogen (secondary N) is 1. The standard InChI is InChI=1S/C14H15BrN2/c1-16-14(12-5-3-7-17-10-12)9-11-4-2-6-13(15)8-11/h2-8,10,14,16H,9H2,1H3. The summed E-state index contributed by atoms with van der Waals surface area (Å²) in [6.45, 7) is 0. The molecule has 3 heteroatoms. The molecule has 0 aliphatic carbocycles. The van der Waals surface area contributed by atoms with E-state index >= 15 is 0 Å². The molecule has 2 rings (SSSR count). The van der Waals surface area contributed by atoms with E-state index in [1.165, 1.54) is 11.1 Å². The molecule has 0 aliphatic rings. The Morgan fingerprint density at radius 2 is 2.18 bits per heavy atom. The first kappa shape index (κ1) is 12.3. The number of rotatable bonds is 4. The molecular weight excluding hydrogens is 276 g/mol. The van der Waals surface area contributed by atoms with E-state index < -0.39 is 0 Å². The summed E-state index contributed by atoms with van der Waals surface area (Å²) >= 11 is 3.50. The fourth-order valence-corrected chi connectivity index (χ4v) is 2.31. The van der Waals surface area contributed by atoms with Crippen LogP contribution in [0.25, 0.3) is 0 Å². The minimum Gasteiger partial charge on any atom is -0.313 e. The molecule has 0 amide bonds. The highest BCUT2D eigenvalue weighted by atomic mass is 79.9. The van der Waals surface area contributed by atoms with Gasteiger partial charge in [0.2, 0.25) is 0 Å². The zero-order valence-corrected chi connectivity index (χ0v) is 11.3. The second kappa shape index (κ2) is 5.94. The molecule has 1 N–H and O–H groups in total.